The van der Waals surface area contributed by atoms with Crippen molar-refractivity contribution >= 4 is 58.9 Å². The van der Waals surface area contributed by atoms with Crippen molar-refractivity contribution in [2.45, 2.75) is 102 Å². The van der Waals surface area contributed by atoms with E-state index < -0.39 is 29.0 Å². The van der Waals surface area contributed by atoms with Gasteiger partial charge in [-0.1, -0.05) is 202 Å². The SMILES string of the molecule is Cc1nsc(-c2ccc(-c3ccc(C4(C(=O)O)CCCC4)cc3)cc2)c1NC(=O)O[C@H](C)c1ccccc1.Cc1nsc(-c2ccc(-c3ccc(C4([C-]=O)CCCC4)cc3)cc2)c1NC(=O)O[C@H](C)c1ccccc1.[Na+].[Na+].[OH-].[OH-]. The summed E-state index contributed by atoms with van der Waals surface area (Å²) < 4.78 is 20.1. The number of hydrogen-bond acceptors (Lipinski definition) is 12. The molecule has 0 bridgehead atoms. The number of benzene rings is 6. The summed E-state index contributed by atoms with van der Waals surface area (Å²) in [6, 6.07) is 51.7. The Hall–Kier alpha value is -5.82. The molecule has 17 heteroatoms. The molecular weight excluding hydrogens is 1050 g/mol. The van der Waals surface area contributed by atoms with Gasteiger partial charge >= 0.3 is 77.3 Å². The summed E-state index contributed by atoms with van der Waals surface area (Å²) in [4.78, 5) is 50.8. The Morgan fingerprint density at radius 2 is 0.848 bits per heavy atom. The van der Waals surface area contributed by atoms with Crippen LogP contribution in [-0.2, 0) is 29.9 Å². The van der Waals surface area contributed by atoms with E-state index in [0.717, 1.165) is 115 Å². The molecular formula is C62H61N4Na2O9S2-. The maximum atomic E-state index is 12.7. The molecule has 8 aromatic rings. The van der Waals surface area contributed by atoms with Crippen molar-refractivity contribution in [2.75, 3.05) is 10.6 Å². The fraction of sp³-hybridized carbons (Fsp3) is 0.258. The zero-order valence-electron chi connectivity index (χ0n) is 45.3. The third-order valence-corrected chi connectivity index (χ3v) is 16.6. The molecule has 10 rings (SSSR count). The molecule has 2 atom stereocenters. The summed E-state index contributed by atoms with van der Waals surface area (Å²) in [5.41, 5.74) is 11.5. The number of aliphatic carboxylic acids is 1. The van der Waals surface area contributed by atoms with Gasteiger partial charge < -0.3 is 30.3 Å². The van der Waals surface area contributed by atoms with Crippen LogP contribution in [0.1, 0.15) is 111 Å². The van der Waals surface area contributed by atoms with Crippen LogP contribution in [0.15, 0.2) is 158 Å². The van der Waals surface area contributed by atoms with Crippen LogP contribution in [0.5, 0.6) is 0 Å². The maximum absolute atomic E-state index is 12.7. The molecule has 398 valence electrons. The number of nitrogens with one attached hydrogen (secondary N) is 2. The van der Waals surface area contributed by atoms with Crippen LogP contribution in [0.3, 0.4) is 0 Å². The molecule has 2 amide bonds. The van der Waals surface area contributed by atoms with Crippen molar-refractivity contribution in [3.63, 3.8) is 0 Å². The number of amides is 2. The van der Waals surface area contributed by atoms with Crippen molar-refractivity contribution in [3.8, 4) is 43.1 Å². The summed E-state index contributed by atoms with van der Waals surface area (Å²) in [5, 5.41) is 15.7. The number of carboxylic acid groups (broad SMARTS) is 1. The summed E-state index contributed by atoms with van der Waals surface area (Å²) in [6.45, 7) is 7.43. The summed E-state index contributed by atoms with van der Waals surface area (Å²) in [6.07, 6.45) is 7.76. The first-order chi connectivity index (χ1) is 36.4. The molecule has 0 spiro atoms. The molecule has 2 saturated carbocycles. The molecule has 6 aromatic carbocycles. The Bertz CT molecular complexity index is 3260. The average Bonchev–Trinajstić information content (AvgIpc) is 4.29. The molecule has 0 radical (unpaired) electrons. The number of ether oxygens (including phenoxy) is 2. The molecule has 5 N–H and O–H groups in total. The van der Waals surface area contributed by atoms with Gasteiger partial charge in [0, 0.05) is 0 Å². The molecule has 79 heavy (non-hydrogen) atoms. The number of hydrogen-bond donors (Lipinski definition) is 3. The zero-order chi connectivity index (χ0) is 52.5. The number of rotatable bonds is 14. The first-order valence-electron chi connectivity index (χ1n) is 25.4. The predicted molar refractivity (Wildman–Crippen MR) is 303 cm³/mol. The third-order valence-electron chi connectivity index (χ3n) is 14.6. The minimum atomic E-state index is -0.754. The molecule has 2 aromatic heterocycles. The number of aromatic nitrogens is 2. The Morgan fingerprint density at radius 3 is 1.20 bits per heavy atom. The number of anilines is 2. The van der Waals surface area contributed by atoms with Crippen LogP contribution < -0.4 is 69.7 Å². The van der Waals surface area contributed by atoms with Crippen molar-refractivity contribution in [2.24, 2.45) is 0 Å². The van der Waals surface area contributed by atoms with Crippen LogP contribution in [0.2, 0.25) is 0 Å². The van der Waals surface area contributed by atoms with E-state index in [1.54, 1.807) is 0 Å². The molecule has 2 aliphatic rings. The van der Waals surface area contributed by atoms with Gasteiger partial charge in [-0.15, -0.1) is 5.41 Å². The minimum Gasteiger partial charge on any atom is -0.870 e. The standard InChI is InChI=1S/C31H30N2O4S.C31H29N2O3S.2Na.2H2O/c1-20-27(32-30(36)37-21(2)22-8-4-3-5-9-22)28(38-33-20)25-12-10-23(11-13-25)24-14-16-26(17-15-24)31(29(34)35)18-6-7-19-31;1-21-28(32-30(35)36-22(2)23-8-4-3-5-9-23)29(37-33-21)26-12-10-24(11-13-26)25-14-16-27(17-15-25)31(20-34)18-6-7-19-31;;;;/h3-5,8-17,21H,6-7,18-19H2,1-2H3,(H,32,36)(H,34,35);3-5,8-17,22H,6-7,18-19H2,1-2H3,(H,32,35);;;2*1H2/q;-1;2*+1;;/p-2/t21-;22-;;;;/m11..../s1. The smallest absolute Gasteiger partial charge is 0.870 e. The molecule has 13 nitrogen and oxygen atoms in total. The van der Waals surface area contributed by atoms with Gasteiger partial charge in [0.2, 0.25) is 0 Å². The van der Waals surface area contributed by atoms with Gasteiger partial charge in [0.1, 0.15) is 12.2 Å². The fourth-order valence-corrected chi connectivity index (χ4v) is 11.9. The van der Waals surface area contributed by atoms with Gasteiger partial charge in [-0.3, -0.25) is 21.7 Å². The van der Waals surface area contributed by atoms with E-state index in [1.165, 1.54) is 23.1 Å². The van der Waals surface area contributed by atoms with E-state index in [0.29, 0.717) is 24.2 Å². The largest absolute Gasteiger partial charge is 1.00 e. The van der Waals surface area contributed by atoms with Gasteiger partial charge in [-0.25, -0.2) is 9.59 Å². The van der Waals surface area contributed by atoms with Gasteiger partial charge in [-0.05, 0) is 114 Å². The van der Waals surface area contributed by atoms with Crippen LogP contribution in [-0.4, -0.2) is 49.2 Å². The molecule has 0 aliphatic heterocycles. The van der Waals surface area contributed by atoms with E-state index in [4.69, 9.17) is 9.47 Å². The zero-order valence-corrected chi connectivity index (χ0v) is 51.0. The minimum absolute atomic E-state index is 0. The Kier molecular flexibility index (Phi) is 23.5. The van der Waals surface area contributed by atoms with Crippen LogP contribution >= 0.6 is 23.1 Å². The first-order valence-corrected chi connectivity index (χ1v) is 26.9. The number of carbonyl (C=O) groups is 3. The normalized spacial score (nSPS) is 14.4. The van der Waals surface area contributed by atoms with Crippen LogP contribution in [0.4, 0.5) is 21.0 Å². The van der Waals surface area contributed by atoms with Gasteiger partial charge in [0.05, 0.1) is 37.9 Å². The van der Waals surface area contributed by atoms with E-state index in [1.807, 2.05) is 149 Å². The molecule has 2 fully saturated rings. The van der Waals surface area contributed by atoms with E-state index in [-0.39, 0.29) is 82.3 Å². The Balaban J connectivity index is 0.000000277. The van der Waals surface area contributed by atoms with E-state index >= 15 is 0 Å². The van der Waals surface area contributed by atoms with Crippen LogP contribution in [0, 0.1) is 13.8 Å². The Morgan fingerprint density at radius 1 is 0.519 bits per heavy atom. The second-order valence-electron chi connectivity index (χ2n) is 19.4. The van der Waals surface area contributed by atoms with Crippen molar-refractivity contribution in [1.29, 1.82) is 0 Å². The second kappa shape index (κ2) is 29.1. The summed E-state index contributed by atoms with van der Waals surface area (Å²) in [7, 11) is 0. The molecule has 0 unspecified atom stereocenters. The number of aryl methyl sites for hydroxylation is 2. The molecule has 0 saturated heterocycles. The first kappa shape index (κ1) is 64.0. The van der Waals surface area contributed by atoms with Crippen molar-refractivity contribution in [1.82, 2.24) is 8.75 Å². The van der Waals surface area contributed by atoms with Gasteiger partial charge in [0.15, 0.2) is 0 Å². The van der Waals surface area contributed by atoms with E-state index in [2.05, 4.69) is 62.1 Å². The maximum Gasteiger partial charge on any atom is 1.00 e. The number of nitrogens with zero attached hydrogens (tertiary/aromatic N) is 2. The summed E-state index contributed by atoms with van der Waals surface area (Å²) >= 11 is 2.68. The van der Waals surface area contributed by atoms with E-state index in [9.17, 15) is 24.3 Å². The van der Waals surface area contributed by atoms with Crippen LogP contribution in [0.25, 0.3) is 43.1 Å². The monoisotopic (exact) mass is 1120 g/mol. The number of carboxylic acids is 1. The topological polar surface area (TPSA) is 217 Å². The number of carbonyl (C=O) groups excluding carboxylic acids is 3. The fourth-order valence-electron chi connectivity index (χ4n) is 10.2. The average molecular weight is 1120 g/mol. The third kappa shape index (κ3) is 14.8. The van der Waals surface area contributed by atoms with Crippen molar-refractivity contribution < 1.29 is 104 Å². The summed E-state index contributed by atoms with van der Waals surface area (Å²) in [5.74, 6) is -0.727. The predicted octanol–water partition coefficient (Wildman–Crippen LogP) is 9.66. The quantitative estimate of drug-likeness (QED) is 0.0688. The second-order valence-corrected chi connectivity index (χ2v) is 21.0. The Labute approximate surface area is 514 Å². The van der Waals surface area contributed by atoms with Crippen molar-refractivity contribution in [3.05, 3.63) is 191 Å². The molecule has 2 aliphatic carbocycles. The molecule has 2 heterocycles. The van der Waals surface area contributed by atoms with Gasteiger partial charge in [-0.2, -0.15) is 8.75 Å². The van der Waals surface area contributed by atoms with Gasteiger partial charge in [0.25, 0.3) is 0 Å².